The Bertz CT molecular complexity index is 931. The molecule has 1 saturated carbocycles. The van der Waals surface area contributed by atoms with Gasteiger partial charge in [0.1, 0.15) is 0 Å². The highest BCUT2D eigenvalue weighted by molar-refractivity contribution is 5.92. The van der Waals surface area contributed by atoms with Crippen LogP contribution in [0.4, 0.5) is 5.69 Å². The maximum Gasteiger partial charge on any atom is 0.244 e. The zero-order valence-corrected chi connectivity index (χ0v) is 18.3. The summed E-state index contributed by atoms with van der Waals surface area (Å²) in [6.45, 7) is 3.39. The Kier molecular flexibility index (Phi) is 7.70. The molecule has 1 fully saturated rings. The summed E-state index contributed by atoms with van der Waals surface area (Å²) in [6, 6.07) is 12.9. The minimum absolute atomic E-state index is 0.119. The molecule has 3 rings (SSSR count). The minimum atomic E-state index is -0.191. The van der Waals surface area contributed by atoms with Crippen LogP contribution in [0.1, 0.15) is 56.7 Å². The predicted molar refractivity (Wildman–Crippen MR) is 122 cm³/mol. The normalized spacial score (nSPS) is 14.9. The zero-order chi connectivity index (χ0) is 22.2. The molecule has 0 bridgehead atoms. The van der Waals surface area contributed by atoms with Crippen LogP contribution in [0.5, 0.6) is 11.5 Å². The van der Waals surface area contributed by atoms with Gasteiger partial charge < -0.3 is 20.1 Å². The number of anilines is 1. The number of hydrogen-bond acceptors (Lipinski definition) is 4. The van der Waals surface area contributed by atoms with Gasteiger partial charge in [-0.15, -0.1) is 0 Å². The van der Waals surface area contributed by atoms with Crippen LogP contribution in [0, 0.1) is 0 Å². The van der Waals surface area contributed by atoms with Crippen molar-refractivity contribution in [3.05, 3.63) is 59.7 Å². The molecule has 31 heavy (non-hydrogen) atoms. The molecule has 0 spiro atoms. The lowest BCUT2D eigenvalue weighted by atomic mass is 10.1. The van der Waals surface area contributed by atoms with Gasteiger partial charge in [-0.05, 0) is 74.1 Å². The van der Waals surface area contributed by atoms with Gasteiger partial charge in [-0.1, -0.05) is 18.2 Å². The van der Waals surface area contributed by atoms with E-state index in [9.17, 15) is 9.59 Å². The number of carbonyl (C=O) groups is 2. The number of carbonyl (C=O) groups excluding carboxylic acids is 2. The Morgan fingerprint density at radius 1 is 1.06 bits per heavy atom. The lowest BCUT2D eigenvalue weighted by Crippen LogP contribution is -2.24. The summed E-state index contributed by atoms with van der Waals surface area (Å²) >= 11 is 0. The molecule has 164 valence electrons. The fourth-order valence-corrected chi connectivity index (χ4v) is 3.63. The smallest absolute Gasteiger partial charge is 0.244 e. The third kappa shape index (κ3) is 6.60. The number of hydrogen-bond donors (Lipinski definition) is 2. The van der Waals surface area contributed by atoms with Gasteiger partial charge in [0, 0.05) is 18.7 Å². The van der Waals surface area contributed by atoms with E-state index in [1.165, 1.54) is 25.8 Å². The second kappa shape index (κ2) is 10.7. The molecule has 1 unspecified atom stereocenters. The highest BCUT2D eigenvalue weighted by Gasteiger charge is 2.19. The third-order valence-electron chi connectivity index (χ3n) is 5.30. The summed E-state index contributed by atoms with van der Waals surface area (Å²) < 4.78 is 11.6. The minimum Gasteiger partial charge on any atom is -0.493 e. The first kappa shape index (κ1) is 22.4. The average Bonchev–Trinajstić information content (AvgIpc) is 3.26. The number of ether oxygens (including phenoxy) is 2. The van der Waals surface area contributed by atoms with Gasteiger partial charge >= 0.3 is 0 Å². The molecule has 1 aliphatic carbocycles. The van der Waals surface area contributed by atoms with E-state index >= 15 is 0 Å². The van der Waals surface area contributed by atoms with Crippen LogP contribution in [0.15, 0.2) is 48.5 Å². The van der Waals surface area contributed by atoms with Gasteiger partial charge in [-0.3, -0.25) is 9.59 Å². The van der Waals surface area contributed by atoms with Crippen molar-refractivity contribution in [2.24, 2.45) is 0 Å². The van der Waals surface area contributed by atoms with Crippen molar-refractivity contribution in [3.63, 3.8) is 0 Å². The summed E-state index contributed by atoms with van der Waals surface area (Å²) in [5, 5.41) is 5.68. The number of methoxy groups -OCH3 is 1. The fourth-order valence-electron chi connectivity index (χ4n) is 3.63. The first-order chi connectivity index (χ1) is 14.9. The van der Waals surface area contributed by atoms with Gasteiger partial charge in [-0.25, -0.2) is 0 Å². The van der Waals surface area contributed by atoms with Crippen molar-refractivity contribution in [2.75, 3.05) is 12.4 Å². The number of benzene rings is 2. The summed E-state index contributed by atoms with van der Waals surface area (Å²) in [5.41, 5.74) is 2.53. The van der Waals surface area contributed by atoms with E-state index in [2.05, 4.69) is 10.6 Å². The van der Waals surface area contributed by atoms with E-state index in [0.717, 1.165) is 35.4 Å². The molecule has 2 amide bonds. The van der Waals surface area contributed by atoms with Crippen LogP contribution in [-0.2, 0) is 9.59 Å². The molecule has 0 aromatic heterocycles. The van der Waals surface area contributed by atoms with E-state index in [0.29, 0.717) is 5.75 Å². The quantitative estimate of drug-likeness (QED) is 0.595. The van der Waals surface area contributed by atoms with Gasteiger partial charge in [0.15, 0.2) is 11.5 Å². The number of rotatable bonds is 8. The summed E-state index contributed by atoms with van der Waals surface area (Å²) in [4.78, 5) is 23.4. The second-order valence-corrected chi connectivity index (χ2v) is 7.80. The van der Waals surface area contributed by atoms with Crippen LogP contribution >= 0.6 is 0 Å². The Balaban J connectivity index is 1.58. The fraction of sp³-hybridized carbons (Fsp3) is 0.360. The van der Waals surface area contributed by atoms with E-state index in [-0.39, 0.29) is 24.0 Å². The molecule has 2 N–H and O–H groups in total. The first-order valence-corrected chi connectivity index (χ1v) is 10.7. The summed E-state index contributed by atoms with van der Waals surface area (Å²) in [7, 11) is 1.63. The van der Waals surface area contributed by atoms with E-state index < -0.39 is 0 Å². The van der Waals surface area contributed by atoms with Crippen molar-refractivity contribution in [2.45, 2.75) is 51.7 Å². The summed E-state index contributed by atoms with van der Waals surface area (Å²) in [6.07, 6.45) is 8.08. The van der Waals surface area contributed by atoms with Crippen LogP contribution in [0.3, 0.4) is 0 Å². The molecule has 0 aliphatic heterocycles. The van der Waals surface area contributed by atoms with Gasteiger partial charge in [-0.2, -0.15) is 0 Å². The van der Waals surface area contributed by atoms with E-state index in [1.54, 1.807) is 25.3 Å². The van der Waals surface area contributed by atoms with E-state index in [1.807, 2.05) is 37.3 Å². The van der Waals surface area contributed by atoms with Crippen LogP contribution in [0.2, 0.25) is 0 Å². The largest absolute Gasteiger partial charge is 0.493 e. The van der Waals surface area contributed by atoms with Crippen molar-refractivity contribution < 1.29 is 19.1 Å². The van der Waals surface area contributed by atoms with Crippen molar-refractivity contribution >= 4 is 23.6 Å². The summed E-state index contributed by atoms with van der Waals surface area (Å²) in [5.74, 6) is 1.12. The van der Waals surface area contributed by atoms with Crippen LogP contribution in [0.25, 0.3) is 6.08 Å². The molecule has 0 heterocycles. The van der Waals surface area contributed by atoms with Crippen molar-refractivity contribution in [3.8, 4) is 11.5 Å². The maximum atomic E-state index is 12.4. The Morgan fingerprint density at radius 2 is 1.77 bits per heavy atom. The Hall–Kier alpha value is -3.28. The van der Waals surface area contributed by atoms with Gasteiger partial charge in [0.2, 0.25) is 11.8 Å². The highest BCUT2D eigenvalue weighted by atomic mass is 16.5. The second-order valence-electron chi connectivity index (χ2n) is 7.80. The zero-order valence-electron chi connectivity index (χ0n) is 18.3. The van der Waals surface area contributed by atoms with Gasteiger partial charge in [0.25, 0.3) is 0 Å². The lowest BCUT2D eigenvalue weighted by molar-refractivity contribution is -0.117. The molecule has 6 nitrogen and oxygen atoms in total. The number of nitrogens with one attached hydrogen (secondary N) is 2. The topological polar surface area (TPSA) is 76.7 Å². The van der Waals surface area contributed by atoms with Crippen molar-refractivity contribution in [1.29, 1.82) is 0 Å². The molecule has 0 radical (unpaired) electrons. The number of amides is 2. The van der Waals surface area contributed by atoms with Crippen molar-refractivity contribution in [1.82, 2.24) is 5.32 Å². The van der Waals surface area contributed by atoms with E-state index in [4.69, 9.17) is 9.47 Å². The molecule has 2 aromatic carbocycles. The monoisotopic (exact) mass is 422 g/mol. The molecule has 1 aliphatic rings. The molecule has 6 heteroatoms. The van der Waals surface area contributed by atoms with Crippen LogP contribution < -0.4 is 20.1 Å². The van der Waals surface area contributed by atoms with Crippen LogP contribution in [-0.4, -0.2) is 25.0 Å². The highest BCUT2D eigenvalue weighted by Crippen LogP contribution is 2.33. The first-order valence-electron chi connectivity index (χ1n) is 10.7. The lowest BCUT2D eigenvalue weighted by Gasteiger charge is -2.19. The predicted octanol–water partition coefficient (Wildman–Crippen LogP) is 4.87. The standard InChI is InChI=1S/C25H30N2O4/c1-17(20-11-14-23(24(16-20)30-3)31-22-6-4-5-7-22)26-25(29)15-10-19-8-12-21(13-9-19)27-18(2)28/h8-17,22H,4-7H2,1-3H3,(H,26,29)(H,27,28)/b15-10+. The Morgan fingerprint density at radius 3 is 2.42 bits per heavy atom. The maximum absolute atomic E-state index is 12.4. The third-order valence-corrected chi connectivity index (χ3v) is 5.30. The Labute approximate surface area is 183 Å². The molecule has 2 aromatic rings. The van der Waals surface area contributed by atoms with Gasteiger partial charge in [0.05, 0.1) is 19.3 Å². The molecule has 0 saturated heterocycles. The molecule has 1 atom stereocenters. The average molecular weight is 423 g/mol. The molecular formula is C25H30N2O4. The molecular weight excluding hydrogens is 392 g/mol. The SMILES string of the molecule is COc1cc(C(C)NC(=O)/C=C/c2ccc(NC(C)=O)cc2)ccc1OC1CCCC1.